The molecular formula is C19H16BrN3O4. The van der Waals surface area contributed by atoms with Gasteiger partial charge in [0.15, 0.2) is 5.78 Å². The lowest BCUT2D eigenvalue weighted by Crippen LogP contribution is -2.23. The van der Waals surface area contributed by atoms with Crippen LogP contribution in [0.15, 0.2) is 57.9 Å². The van der Waals surface area contributed by atoms with Gasteiger partial charge in [0.1, 0.15) is 0 Å². The van der Waals surface area contributed by atoms with E-state index in [9.17, 15) is 19.7 Å². The molecule has 1 aromatic carbocycles. The lowest BCUT2D eigenvalue weighted by molar-refractivity contribution is -0.385. The van der Waals surface area contributed by atoms with E-state index in [0.717, 1.165) is 44.4 Å². The Kier molecular flexibility index (Phi) is 5.09. The molecule has 0 spiro atoms. The highest BCUT2D eigenvalue weighted by Gasteiger charge is 2.18. The Morgan fingerprint density at radius 2 is 1.93 bits per heavy atom. The second-order valence-corrected chi connectivity index (χ2v) is 7.05. The molecule has 0 saturated carbocycles. The second-order valence-electron chi connectivity index (χ2n) is 6.13. The first kappa shape index (κ1) is 18.8. The van der Waals surface area contributed by atoms with Crippen molar-refractivity contribution in [3.8, 4) is 5.69 Å². The van der Waals surface area contributed by atoms with Crippen molar-refractivity contribution in [2.24, 2.45) is 0 Å². The van der Waals surface area contributed by atoms with Crippen LogP contribution in [0.3, 0.4) is 0 Å². The van der Waals surface area contributed by atoms with Crippen LogP contribution in [-0.2, 0) is 6.54 Å². The molecule has 0 aliphatic carbocycles. The van der Waals surface area contributed by atoms with Crippen molar-refractivity contribution in [2.75, 3.05) is 0 Å². The largest absolute Gasteiger partial charge is 0.318 e. The minimum atomic E-state index is -0.598. The summed E-state index contributed by atoms with van der Waals surface area (Å²) in [7, 11) is 0. The zero-order chi connectivity index (χ0) is 19.7. The first-order chi connectivity index (χ1) is 12.8. The van der Waals surface area contributed by atoms with Crippen molar-refractivity contribution in [1.29, 1.82) is 0 Å². The minimum absolute atomic E-state index is 0.234. The van der Waals surface area contributed by atoms with Crippen molar-refractivity contribution >= 4 is 27.4 Å². The maximum Gasteiger partial charge on any atom is 0.285 e. The van der Waals surface area contributed by atoms with Crippen molar-refractivity contribution < 1.29 is 9.72 Å². The van der Waals surface area contributed by atoms with Gasteiger partial charge in [0.05, 0.1) is 17.7 Å². The number of Topliss-reactive ketones (excluding diaryl/α,β-unsaturated/α-hetero) is 1. The Bertz CT molecular complexity index is 1110. The quantitative estimate of drug-likeness (QED) is 0.350. The van der Waals surface area contributed by atoms with Crippen molar-refractivity contribution in [1.82, 2.24) is 9.13 Å². The van der Waals surface area contributed by atoms with Gasteiger partial charge in [-0.15, -0.1) is 0 Å². The molecule has 0 amide bonds. The molecule has 0 atom stereocenters. The third-order valence-corrected chi connectivity index (χ3v) is 4.78. The highest BCUT2D eigenvalue weighted by molar-refractivity contribution is 9.10. The van der Waals surface area contributed by atoms with Crippen LogP contribution in [-0.4, -0.2) is 19.8 Å². The van der Waals surface area contributed by atoms with Gasteiger partial charge < -0.3 is 9.13 Å². The molecule has 7 nitrogen and oxygen atoms in total. The van der Waals surface area contributed by atoms with Crippen LogP contribution in [0.1, 0.15) is 21.7 Å². The van der Waals surface area contributed by atoms with E-state index in [2.05, 4.69) is 15.9 Å². The smallest absolute Gasteiger partial charge is 0.285 e. The summed E-state index contributed by atoms with van der Waals surface area (Å²) in [4.78, 5) is 35.0. The van der Waals surface area contributed by atoms with Gasteiger partial charge in [0, 0.05) is 39.2 Å². The molecule has 3 rings (SSSR count). The van der Waals surface area contributed by atoms with Gasteiger partial charge in [-0.05, 0) is 38.1 Å². The Morgan fingerprint density at radius 1 is 1.19 bits per heavy atom. The summed E-state index contributed by atoms with van der Waals surface area (Å²) in [5, 5.41) is 10.9. The van der Waals surface area contributed by atoms with Crippen LogP contribution in [0.5, 0.6) is 0 Å². The summed E-state index contributed by atoms with van der Waals surface area (Å²) >= 11 is 3.44. The third kappa shape index (κ3) is 3.75. The fourth-order valence-electron chi connectivity index (χ4n) is 3.05. The molecule has 2 heterocycles. The zero-order valence-corrected chi connectivity index (χ0v) is 16.3. The van der Waals surface area contributed by atoms with Gasteiger partial charge in [0.2, 0.25) is 0 Å². The van der Waals surface area contributed by atoms with Gasteiger partial charge in [0.25, 0.3) is 11.2 Å². The number of hydrogen-bond donors (Lipinski definition) is 0. The minimum Gasteiger partial charge on any atom is -0.318 e. The predicted octanol–water partition coefficient (Wildman–Crippen LogP) is 3.81. The molecule has 0 fully saturated rings. The summed E-state index contributed by atoms with van der Waals surface area (Å²) in [5.41, 5.74) is 2.31. The fraction of sp³-hybridized carbons (Fsp3) is 0.158. The molecule has 138 valence electrons. The van der Waals surface area contributed by atoms with Gasteiger partial charge in [-0.25, -0.2) is 0 Å². The van der Waals surface area contributed by atoms with E-state index < -0.39 is 10.5 Å². The monoisotopic (exact) mass is 429 g/mol. The SMILES string of the molecule is Cc1cc(C(=O)Cn2cc([N+](=O)[O-])ccc2=O)c(C)n1-c1cccc(Br)c1. The average molecular weight is 430 g/mol. The Balaban J connectivity index is 1.98. The summed E-state index contributed by atoms with van der Waals surface area (Å²) in [6.07, 6.45) is 1.09. The van der Waals surface area contributed by atoms with Crippen LogP contribution in [0.2, 0.25) is 0 Å². The fourth-order valence-corrected chi connectivity index (χ4v) is 3.43. The van der Waals surface area contributed by atoms with E-state index >= 15 is 0 Å². The lowest BCUT2D eigenvalue weighted by Gasteiger charge is -2.10. The van der Waals surface area contributed by atoms with Crippen LogP contribution in [0, 0.1) is 24.0 Å². The van der Waals surface area contributed by atoms with Gasteiger partial charge in [-0.2, -0.15) is 0 Å². The molecule has 2 aromatic heterocycles. The maximum absolute atomic E-state index is 12.8. The predicted molar refractivity (Wildman–Crippen MR) is 105 cm³/mol. The normalized spacial score (nSPS) is 10.8. The summed E-state index contributed by atoms with van der Waals surface area (Å²) in [5.74, 6) is -0.285. The number of ketones is 1. The lowest BCUT2D eigenvalue weighted by atomic mass is 10.1. The van der Waals surface area contributed by atoms with E-state index in [1.807, 2.05) is 42.7 Å². The molecule has 0 saturated heterocycles. The van der Waals surface area contributed by atoms with Gasteiger partial charge in [-0.1, -0.05) is 22.0 Å². The number of aryl methyl sites for hydroxylation is 1. The molecule has 0 aliphatic rings. The molecule has 0 N–H and O–H groups in total. The number of nitrogens with zero attached hydrogens (tertiary/aromatic N) is 3. The molecule has 27 heavy (non-hydrogen) atoms. The summed E-state index contributed by atoms with van der Waals surface area (Å²) in [6.45, 7) is 3.46. The van der Waals surface area contributed by atoms with Gasteiger partial charge in [-0.3, -0.25) is 19.7 Å². The summed E-state index contributed by atoms with van der Waals surface area (Å²) < 4.78 is 3.93. The van der Waals surface area contributed by atoms with Crippen LogP contribution >= 0.6 is 15.9 Å². The number of pyridine rings is 1. The summed E-state index contributed by atoms with van der Waals surface area (Å²) in [6, 6.07) is 11.7. The highest BCUT2D eigenvalue weighted by atomic mass is 79.9. The van der Waals surface area contributed by atoms with Crippen molar-refractivity contribution in [2.45, 2.75) is 20.4 Å². The van der Waals surface area contributed by atoms with E-state index in [4.69, 9.17) is 0 Å². The molecule has 0 aliphatic heterocycles. The zero-order valence-electron chi connectivity index (χ0n) is 14.7. The Labute approximate surface area is 163 Å². The van der Waals surface area contributed by atoms with E-state index in [0.29, 0.717) is 5.56 Å². The van der Waals surface area contributed by atoms with Crippen molar-refractivity contribution in [3.05, 3.63) is 90.6 Å². The number of aromatic nitrogens is 2. The van der Waals surface area contributed by atoms with Crippen LogP contribution in [0.25, 0.3) is 5.69 Å². The maximum atomic E-state index is 12.8. The number of hydrogen-bond acceptors (Lipinski definition) is 4. The van der Waals surface area contributed by atoms with Crippen molar-refractivity contribution in [3.63, 3.8) is 0 Å². The highest BCUT2D eigenvalue weighted by Crippen LogP contribution is 2.23. The molecule has 8 heteroatoms. The second kappa shape index (κ2) is 7.32. The molecule has 0 radical (unpaired) electrons. The Hall–Kier alpha value is -3.00. The number of rotatable bonds is 5. The number of carbonyl (C=O) groups excluding carboxylic acids is 1. The van der Waals surface area contributed by atoms with E-state index in [-0.39, 0.29) is 18.0 Å². The van der Waals surface area contributed by atoms with Crippen LogP contribution < -0.4 is 5.56 Å². The molecule has 3 aromatic rings. The van der Waals surface area contributed by atoms with E-state index in [1.165, 1.54) is 0 Å². The average Bonchev–Trinajstić information content (AvgIpc) is 2.91. The molecule has 0 unspecified atom stereocenters. The topological polar surface area (TPSA) is 87.1 Å². The third-order valence-electron chi connectivity index (χ3n) is 4.29. The first-order valence-corrected chi connectivity index (χ1v) is 8.90. The molecule has 0 bridgehead atoms. The van der Waals surface area contributed by atoms with Crippen LogP contribution in [0.4, 0.5) is 5.69 Å². The number of halogens is 1. The standard InChI is InChI=1S/C19H16BrN3O4/c1-12-8-17(13(2)22(12)15-5-3-4-14(20)9-15)18(24)11-21-10-16(23(26)27)6-7-19(21)25/h3-10H,11H2,1-2H3. The first-order valence-electron chi connectivity index (χ1n) is 8.11. The number of carbonyl (C=O) groups is 1. The Morgan fingerprint density at radius 3 is 2.59 bits per heavy atom. The number of nitro groups is 1. The van der Waals surface area contributed by atoms with Gasteiger partial charge >= 0.3 is 0 Å². The molecular weight excluding hydrogens is 414 g/mol. The van der Waals surface area contributed by atoms with E-state index in [1.54, 1.807) is 6.07 Å². The number of benzene rings is 1.